The van der Waals surface area contributed by atoms with Gasteiger partial charge >= 0.3 is 0 Å². The van der Waals surface area contributed by atoms with Crippen molar-refractivity contribution >= 4 is 0 Å². The Kier molecular flexibility index (Phi) is 9.92. The third-order valence-corrected chi connectivity index (χ3v) is 2.87. The lowest BCUT2D eigenvalue weighted by Crippen LogP contribution is -2.38. The Bertz CT molecular complexity index is 152. The van der Waals surface area contributed by atoms with E-state index in [1.165, 1.54) is 0 Å². The van der Waals surface area contributed by atoms with E-state index in [1.54, 1.807) is 0 Å². The van der Waals surface area contributed by atoms with Crippen molar-refractivity contribution in [3.8, 4) is 0 Å². The molecule has 0 bridgehead atoms. The molecule has 0 heterocycles. The molecule has 0 aromatic carbocycles. The second-order valence-corrected chi connectivity index (χ2v) is 4.19. The zero-order valence-corrected chi connectivity index (χ0v) is 10.9. The predicted molar refractivity (Wildman–Crippen MR) is 67.6 cm³/mol. The minimum absolute atomic E-state index is 0.215. The van der Waals surface area contributed by atoms with Gasteiger partial charge in [0.1, 0.15) is 0 Å². The summed E-state index contributed by atoms with van der Waals surface area (Å²) in [4.78, 5) is 2.20. The summed E-state index contributed by atoms with van der Waals surface area (Å²) in [5.41, 5.74) is 0. The van der Waals surface area contributed by atoms with Gasteiger partial charge in [0.2, 0.25) is 0 Å². The molecule has 0 aromatic rings. The third-order valence-electron chi connectivity index (χ3n) is 2.87. The van der Waals surface area contributed by atoms with Gasteiger partial charge in [-0.05, 0) is 32.5 Å². The van der Waals surface area contributed by atoms with Crippen LogP contribution in [0.2, 0.25) is 0 Å². The molecule has 0 aliphatic carbocycles. The first-order chi connectivity index (χ1) is 7.63. The molecular formula is C12H28N2O2. The van der Waals surface area contributed by atoms with Crippen LogP contribution in [0.1, 0.15) is 33.6 Å². The summed E-state index contributed by atoms with van der Waals surface area (Å²) in [5, 5.41) is 22.2. The zero-order chi connectivity index (χ0) is 12.4. The molecule has 2 unspecified atom stereocenters. The second kappa shape index (κ2) is 10.0. The Morgan fingerprint density at radius 3 is 2.19 bits per heavy atom. The quantitative estimate of drug-likeness (QED) is 0.478. The molecular weight excluding hydrogens is 204 g/mol. The summed E-state index contributed by atoms with van der Waals surface area (Å²) in [6.45, 7) is 10.2. The number of aliphatic hydroxyl groups is 2. The molecule has 4 heteroatoms. The fourth-order valence-electron chi connectivity index (χ4n) is 1.59. The molecule has 0 spiro atoms. The molecule has 16 heavy (non-hydrogen) atoms. The molecule has 0 saturated carbocycles. The van der Waals surface area contributed by atoms with Gasteiger partial charge in [-0.2, -0.15) is 0 Å². The van der Waals surface area contributed by atoms with Crippen LogP contribution in [0.25, 0.3) is 0 Å². The van der Waals surface area contributed by atoms with Crippen molar-refractivity contribution in [3.63, 3.8) is 0 Å². The molecule has 0 aliphatic heterocycles. The number of aliphatic hydroxyl groups excluding tert-OH is 2. The monoisotopic (exact) mass is 232 g/mol. The molecule has 0 amide bonds. The average molecular weight is 232 g/mol. The number of hydrogen-bond acceptors (Lipinski definition) is 4. The smallest absolute Gasteiger partial charge is 0.0791 e. The van der Waals surface area contributed by atoms with Crippen molar-refractivity contribution in [1.29, 1.82) is 0 Å². The fourth-order valence-corrected chi connectivity index (χ4v) is 1.59. The minimum Gasteiger partial charge on any atom is -0.393 e. The highest BCUT2D eigenvalue weighted by molar-refractivity contribution is 4.66. The summed E-state index contributed by atoms with van der Waals surface area (Å²) < 4.78 is 0. The number of hydrogen-bond donors (Lipinski definition) is 3. The van der Waals surface area contributed by atoms with Crippen LogP contribution in [0.5, 0.6) is 0 Å². The normalized spacial score (nSPS) is 15.4. The molecule has 0 aromatic heterocycles. The summed E-state index contributed by atoms with van der Waals surface area (Å²) >= 11 is 0. The maximum absolute atomic E-state index is 9.74. The van der Waals surface area contributed by atoms with E-state index in [-0.39, 0.29) is 12.2 Å². The lowest BCUT2D eigenvalue weighted by atomic mass is 10.2. The standard InChI is InChI=1S/C12H28N2O2/c1-4-11(15)7-8-13-9-12(16)10-14(5-2)6-3/h11-13,15-16H,4-10H2,1-3H3. The van der Waals surface area contributed by atoms with Crippen LogP contribution < -0.4 is 5.32 Å². The summed E-state index contributed by atoms with van der Waals surface area (Å²) in [7, 11) is 0. The largest absolute Gasteiger partial charge is 0.393 e. The van der Waals surface area contributed by atoms with Crippen LogP contribution in [-0.2, 0) is 0 Å². The van der Waals surface area contributed by atoms with E-state index in [1.807, 2.05) is 6.92 Å². The van der Waals surface area contributed by atoms with Crippen molar-refractivity contribution in [2.24, 2.45) is 0 Å². The second-order valence-electron chi connectivity index (χ2n) is 4.19. The Hall–Kier alpha value is -0.160. The van der Waals surface area contributed by atoms with E-state index in [9.17, 15) is 10.2 Å². The van der Waals surface area contributed by atoms with Crippen molar-refractivity contribution in [3.05, 3.63) is 0 Å². The Labute approximate surface area is 99.7 Å². The topological polar surface area (TPSA) is 55.7 Å². The van der Waals surface area contributed by atoms with Crippen molar-refractivity contribution in [2.75, 3.05) is 32.7 Å². The molecule has 0 aliphatic rings. The molecule has 0 radical (unpaired) electrons. The van der Waals surface area contributed by atoms with Crippen molar-refractivity contribution < 1.29 is 10.2 Å². The van der Waals surface area contributed by atoms with E-state index < -0.39 is 0 Å². The van der Waals surface area contributed by atoms with Crippen LogP contribution in [-0.4, -0.2) is 60.0 Å². The van der Waals surface area contributed by atoms with Crippen LogP contribution in [0.4, 0.5) is 0 Å². The highest BCUT2D eigenvalue weighted by atomic mass is 16.3. The lowest BCUT2D eigenvalue weighted by molar-refractivity contribution is 0.113. The molecule has 0 rings (SSSR count). The number of rotatable bonds is 10. The Morgan fingerprint density at radius 1 is 1.06 bits per heavy atom. The number of nitrogens with zero attached hydrogens (tertiary/aromatic N) is 1. The Balaban J connectivity index is 3.46. The first-order valence-electron chi connectivity index (χ1n) is 6.43. The van der Waals surface area contributed by atoms with E-state index in [0.717, 1.165) is 39.0 Å². The minimum atomic E-state index is -0.321. The van der Waals surface area contributed by atoms with Crippen molar-refractivity contribution in [2.45, 2.75) is 45.8 Å². The maximum Gasteiger partial charge on any atom is 0.0791 e. The molecule has 4 nitrogen and oxygen atoms in total. The van der Waals surface area contributed by atoms with E-state index in [0.29, 0.717) is 6.54 Å². The van der Waals surface area contributed by atoms with Crippen LogP contribution >= 0.6 is 0 Å². The fraction of sp³-hybridized carbons (Fsp3) is 1.00. The van der Waals surface area contributed by atoms with Gasteiger partial charge < -0.3 is 20.4 Å². The van der Waals surface area contributed by atoms with Gasteiger partial charge in [-0.25, -0.2) is 0 Å². The highest BCUT2D eigenvalue weighted by Crippen LogP contribution is 1.95. The molecule has 98 valence electrons. The van der Waals surface area contributed by atoms with E-state index >= 15 is 0 Å². The van der Waals surface area contributed by atoms with Crippen LogP contribution in [0, 0.1) is 0 Å². The summed E-state index contributed by atoms with van der Waals surface area (Å²) in [6.07, 6.45) is 1.02. The number of likely N-dealkylation sites (N-methyl/N-ethyl adjacent to an activating group) is 1. The van der Waals surface area contributed by atoms with Crippen LogP contribution in [0.3, 0.4) is 0 Å². The molecule has 3 N–H and O–H groups in total. The summed E-state index contributed by atoms with van der Waals surface area (Å²) in [5.74, 6) is 0. The molecule has 0 fully saturated rings. The summed E-state index contributed by atoms with van der Waals surface area (Å²) in [6, 6.07) is 0. The third kappa shape index (κ3) is 8.05. The van der Waals surface area contributed by atoms with E-state index in [4.69, 9.17) is 0 Å². The SMILES string of the molecule is CCC(O)CCNCC(O)CN(CC)CC. The van der Waals surface area contributed by atoms with Gasteiger partial charge in [-0.3, -0.25) is 0 Å². The van der Waals surface area contributed by atoms with Gasteiger partial charge in [0, 0.05) is 13.1 Å². The first-order valence-corrected chi connectivity index (χ1v) is 6.43. The average Bonchev–Trinajstić information content (AvgIpc) is 2.31. The maximum atomic E-state index is 9.74. The van der Waals surface area contributed by atoms with Crippen molar-refractivity contribution in [1.82, 2.24) is 10.2 Å². The van der Waals surface area contributed by atoms with Gasteiger partial charge in [-0.15, -0.1) is 0 Å². The Morgan fingerprint density at radius 2 is 1.69 bits per heavy atom. The zero-order valence-electron chi connectivity index (χ0n) is 10.9. The van der Waals surface area contributed by atoms with Gasteiger partial charge in [0.25, 0.3) is 0 Å². The first kappa shape index (κ1) is 15.8. The van der Waals surface area contributed by atoms with E-state index in [2.05, 4.69) is 24.1 Å². The van der Waals surface area contributed by atoms with Crippen LogP contribution in [0.15, 0.2) is 0 Å². The lowest BCUT2D eigenvalue weighted by Gasteiger charge is -2.22. The predicted octanol–water partition coefficient (Wildman–Crippen LogP) is 0.440. The highest BCUT2D eigenvalue weighted by Gasteiger charge is 2.08. The van der Waals surface area contributed by atoms with Gasteiger partial charge in [0.05, 0.1) is 12.2 Å². The van der Waals surface area contributed by atoms with Gasteiger partial charge in [0.15, 0.2) is 0 Å². The molecule has 2 atom stereocenters. The van der Waals surface area contributed by atoms with Gasteiger partial charge in [-0.1, -0.05) is 20.8 Å². The number of nitrogens with one attached hydrogen (secondary N) is 1. The molecule has 0 saturated heterocycles.